The Morgan fingerprint density at radius 2 is 2.27 bits per heavy atom. The molecule has 5 rings (SSSR count). The SMILES string of the molecule is COc1nn2cc(-c3cc4ccc5c(c4o3)OCO5)nc2s1. The number of rotatable bonds is 2. The fourth-order valence-electron chi connectivity index (χ4n) is 2.47. The van der Waals surface area contributed by atoms with Crippen LogP contribution in [0.5, 0.6) is 16.7 Å². The molecule has 22 heavy (non-hydrogen) atoms. The van der Waals surface area contributed by atoms with Crippen LogP contribution in [-0.4, -0.2) is 28.5 Å². The predicted molar refractivity (Wildman–Crippen MR) is 78.7 cm³/mol. The summed E-state index contributed by atoms with van der Waals surface area (Å²) in [5.41, 5.74) is 1.39. The Labute approximate surface area is 127 Å². The van der Waals surface area contributed by atoms with E-state index in [9.17, 15) is 0 Å². The van der Waals surface area contributed by atoms with Crippen LogP contribution in [-0.2, 0) is 0 Å². The molecule has 1 aliphatic rings. The Balaban J connectivity index is 1.66. The molecule has 4 heterocycles. The minimum Gasteiger partial charge on any atom is -0.472 e. The number of methoxy groups -OCH3 is 1. The maximum absolute atomic E-state index is 5.92. The molecule has 3 aromatic heterocycles. The van der Waals surface area contributed by atoms with Gasteiger partial charge in [-0.15, -0.1) is 5.10 Å². The maximum atomic E-state index is 5.92. The van der Waals surface area contributed by atoms with E-state index in [2.05, 4.69) is 10.1 Å². The van der Waals surface area contributed by atoms with E-state index in [4.69, 9.17) is 18.6 Å². The van der Waals surface area contributed by atoms with Crippen molar-refractivity contribution in [3.8, 4) is 28.1 Å². The normalized spacial score (nSPS) is 13.3. The quantitative estimate of drug-likeness (QED) is 0.566. The monoisotopic (exact) mass is 315 g/mol. The minimum absolute atomic E-state index is 0.217. The van der Waals surface area contributed by atoms with Crippen molar-refractivity contribution in [2.45, 2.75) is 0 Å². The van der Waals surface area contributed by atoms with E-state index in [0.717, 1.165) is 10.3 Å². The zero-order chi connectivity index (χ0) is 14.7. The number of benzene rings is 1. The molecule has 7 nitrogen and oxygen atoms in total. The summed E-state index contributed by atoms with van der Waals surface area (Å²) in [4.78, 5) is 5.26. The molecule has 110 valence electrons. The van der Waals surface area contributed by atoms with E-state index in [1.54, 1.807) is 11.6 Å². The Morgan fingerprint density at radius 1 is 1.32 bits per heavy atom. The lowest BCUT2D eigenvalue weighted by Gasteiger charge is -1.94. The van der Waals surface area contributed by atoms with Crippen LogP contribution in [0.1, 0.15) is 0 Å². The third-order valence-electron chi connectivity index (χ3n) is 3.47. The van der Waals surface area contributed by atoms with Gasteiger partial charge in [0.15, 0.2) is 17.1 Å². The molecule has 0 aliphatic carbocycles. The van der Waals surface area contributed by atoms with Gasteiger partial charge < -0.3 is 18.6 Å². The first-order valence-electron chi connectivity index (χ1n) is 6.54. The molecule has 8 heteroatoms. The minimum atomic E-state index is 0.217. The van der Waals surface area contributed by atoms with Gasteiger partial charge in [-0.1, -0.05) is 0 Å². The highest BCUT2D eigenvalue weighted by atomic mass is 32.1. The lowest BCUT2D eigenvalue weighted by atomic mass is 10.2. The highest BCUT2D eigenvalue weighted by Gasteiger charge is 2.21. The molecule has 0 saturated carbocycles. The van der Waals surface area contributed by atoms with Gasteiger partial charge in [0.25, 0.3) is 5.19 Å². The van der Waals surface area contributed by atoms with Gasteiger partial charge in [0.05, 0.1) is 13.3 Å². The Hall–Kier alpha value is -2.74. The zero-order valence-corrected chi connectivity index (χ0v) is 12.2. The molecule has 0 N–H and O–H groups in total. The van der Waals surface area contributed by atoms with Gasteiger partial charge in [0.1, 0.15) is 5.69 Å². The average molecular weight is 315 g/mol. The molecule has 0 spiro atoms. The molecule has 4 aromatic rings. The highest BCUT2D eigenvalue weighted by molar-refractivity contribution is 7.18. The Morgan fingerprint density at radius 3 is 3.14 bits per heavy atom. The number of fused-ring (bicyclic) bond motifs is 4. The summed E-state index contributed by atoms with van der Waals surface area (Å²) in [6.45, 7) is 0.217. The fourth-order valence-corrected chi connectivity index (χ4v) is 3.17. The van der Waals surface area contributed by atoms with Crippen LogP contribution in [0.3, 0.4) is 0 Å². The van der Waals surface area contributed by atoms with Crippen molar-refractivity contribution in [3.05, 3.63) is 24.4 Å². The van der Waals surface area contributed by atoms with Crippen molar-refractivity contribution < 1.29 is 18.6 Å². The smallest absolute Gasteiger partial charge is 0.294 e. The van der Waals surface area contributed by atoms with E-state index in [-0.39, 0.29) is 6.79 Å². The molecule has 0 saturated heterocycles. The number of furan rings is 1. The van der Waals surface area contributed by atoms with Crippen molar-refractivity contribution in [1.29, 1.82) is 0 Å². The largest absolute Gasteiger partial charge is 0.472 e. The molecule has 1 aliphatic heterocycles. The van der Waals surface area contributed by atoms with Gasteiger partial charge in [-0.05, 0) is 29.5 Å². The molecule has 0 fully saturated rings. The number of hydrogen-bond acceptors (Lipinski definition) is 7. The third-order valence-corrected chi connectivity index (χ3v) is 4.36. The molecular weight excluding hydrogens is 306 g/mol. The summed E-state index contributed by atoms with van der Waals surface area (Å²) in [6, 6.07) is 5.75. The molecule has 0 bridgehead atoms. The number of nitrogens with zero attached hydrogens (tertiary/aromatic N) is 3. The van der Waals surface area contributed by atoms with Crippen molar-refractivity contribution in [2.24, 2.45) is 0 Å². The predicted octanol–water partition coefficient (Wildman–Crippen LogP) is 2.94. The summed E-state index contributed by atoms with van der Waals surface area (Å²) in [5, 5.41) is 5.77. The molecular formula is C14H9N3O4S. The summed E-state index contributed by atoms with van der Waals surface area (Å²) in [6.07, 6.45) is 1.81. The first-order chi connectivity index (χ1) is 10.8. The lowest BCUT2D eigenvalue weighted by molar-refractivity contribution is 0.174. The van der Waals surface area contributed by atoms with Crippen LogP contribution >= 0.6 is 11.3 Å². The Bertz CT molecular complexity index is 985. The second-order valence-corrected chi connectivity index (χ2v) is 5.67. The van der Waals surface area contributed by atoms with Crippen LogP contribution in [0, 0.1) is 0 Å². The molecule has 0 radical (unpaired) electrons. The van der Waals surface area contributed by atoms with E-state index in [1.165, 1.54) is 11.3 Å². The van der Waals surface area contributed by atoms with Crippen molar-refractivity contribution in [3.63, 3.8) is 0 Å². The van der Waals surface area contributed by atoms with Gasteiger partial charge in [-0.3, -0.25) is 0 Å². The molecule has 0 atom stereocenters. The fraction of sp³-hybridized carbons (Fsp3) is 0.143. The summed E-state index contributed by atoms with van der Waals surface area (Å²) in [7, 11) is 1.58. The van der Waals surface area contributed by atoms with Gasteiger partial charge >= 0.3 is 0 Å². The van der Waals surface area contributed by atoms with E-state index in [0.29, 0.717) is 33.7 Å². The second kappa shape index (κ2) is 4.14. The topological polar surface area (TPSA) is 71.0 Å². The van der Waals surface area contributed by atoms with Gasteiger partial charge in [0.2, 0.25) is 17.5 Å². The summed E-state index contributed by atoms with van der Waals surface area (Å²) < 4.78 is 23.5. The van der Waals surface area contributed by atoms with E-state index < -0.39 is 0 Å². The zero-order valence-electron chi connectivity index (χ0n) is 11.4. The van der Waals surface area contributed by atoms with Crippen LogP contribution in [0.4, 0.5) is 0 Å². The third kappa shape index (κ3) is 1.55. The van der Waals surface area contributed by atoms with Crippen molar-refractivity contribution in [2.75, 3.05) is 13.9 Å². The van der Waals surface area contributed by atoms with Crippen LogP contribution in [0.2, 0.25) is 0 Å². The van der Waals surface area contributed by atoms with Crippen molar-refractivity contribution >= 4 is 27.3 Å². The molecule has 0 amide bonds. The first kappa shape index (κ1) is 11.9. The number of imidazole rings is 1. The number of aromatic nitrogens is 3. The number of hydrogen-bond donors (Lipinski definition) is 0. The highest BCUT2D eigenvalue weighted by Crippen LogP contribution is 2.42. The summed E-state index contributed by atoms with van der Waals surface area (Å²) in [5.74, 6) is 2.01. The van der Waals surface area contributed by atoms with Gasteiger partial charge in [-0.25, -0.2) is 9.50 Å². The molecule has 1 aromatic carbocycles. The van der Waals surface area contributed by atoms with Gasteiger partial charge in [-0.2, -0.15) is 0 Å². The van der Waals surface area contributed by atoms with Crippen LogP contribution in [0.15, 0.2) is 28.8 Å². The number of ether oxygens (including phenoxy) is 3. The lowest BCUT2D eigenvalue weighted by Crippen LogP contribution is -1.93. The average Bonchev–Trinajstić information content (AvgIpc) is 3.26. The molecule has 0 unspecified atom stereocenters. The van der Waals surface area contributed by atoms with E-state index >= 15 is 0 Å². The van der Waals surface area contributed by atoms with E-state index in [1.807, 2.05) is 24.4 Å². The summed E-state index contributed by atoms with van der Waals surface area (Å²) >= 11 is 1.37. The standard InChI is InChI=1S/C14H9N3O4S/c1-18-14-16-17-5-8(15-13(17)22-14)10-4-7-2-3-9-12(11(7)21-10)20-6-19-9/h2-5H,6H2,1H3. The maximum Gasteiger partial charge on any atom is 0.294 e. The first-order valence-corrected chi connectivity index (χ1v) is 7.36. The van der Waals surface area contributed by atoms with Crippen LogP contribution < -0.4 is 14.2 Å². The second-order valence-electron chi connectivity index (χ2n) is 4.75. The Kier molecular flexibility index (Phi) is 2.23. The van der Waals surface area contributed by atoms with Gasteiger partial charge in [0, 0.05) is 5.39 Å². The van der Waals surface area contributed by atoms with Crippen LogP contribution in [0.25, 0.3) is 27.4 Å². The van der Waals surface area contributed by atoms with Crippen molar-refractivity contribution in [1.82, 2.24) is 14.6 Å².